The first-order chi connectivity index (χ1) is 15.3. The second-order valence-electron chi connectivity index (χ2n) is 7.46. The number of benzene rings is 3. The standard InChI is InChI=1S/C24H21FN2O3S2/c1-17-7-12-21-22(15-17)31-24(26-21)27(16-18-5-3-2-4-6-18)23(28)13-14-32(29,30)20-10-8-19(25)9-11-20/h2-12,15H,13-14,16H2,1H3. The summed E-state index contributed by atoms with van der Waals surface area (Å²) in [5.74, 6) is -1.22. The van der Waals surface area contributed by atoms with Crippen LogP contribution in [-0.4, -0.2) is 25.1 Å². The van der Waals surface area contributed by atoms with Gasteiger partial charge in [0.25, 0.3) is 0 Å². The molecule has 4 rings (SSSR count). The second-order valence-corrected chi connectivity index (χ2v) is 10.6. The molecule has 32 heavy (non-hydrogen) atoms. The number of aromatic nitrogens is 1. The fourth-order valence-electron chi connectivity index (χ4n) is 3.28. The third-order valence-corrected chi connectivity index (χ3v) is 7.78. The summed E-state index contributed by atoms with van der Waals surface area (Å²) in [6.45, 7) is 2.28. The molecule has 164 valence electrons. The van der Waals surface area contributed by atoms with E-state index in [9.17, 15) is 17.6 Å². The molecule has 1 heterocycles. The summed E-state index contributed by atoms with van der Waals surface area (Å²) in [4.78, 5) is 19.3. The molecule has 8 heteroatoms. The molecule has 0 aliphatic carbocycles. The molecule has 4 aromatic rings. The lowest BCUT2D eigenvalue weighted by molar-refractivity contribution is -0.118. The number of aryl methyl sites for hydroxylation is 1. The normalized spacial score (nSPS) is 11.6. The number of hydrogen-bond acceptors (Lipinski definition) is 5. The van der Waals surface area contributed by atoms with Crippen LogP contribution in [0.4, 0.5) is 9.52 Å². The maximum absolute atomic E-state index is 13.2. The van der Waals surface area contributed by atoms with E-state index < -0.39 is 15.7 Å². The van der Waals surface area contributed by atoms with Crippen LogP contribution in [0.15, 0.2) is 77.7 Å². The fourth-order valence-corrected chi connectivity index (χ4v) is 5.59. The highest BCUT2D eigenvalue weighted by Gasteiger charge is 2.23. The van der Waals surface area contributed by atoms with E-state index in [4.69, 9.17) is 0 Å². The molecule has 0 radical (unpaired) electrons. The van der Waals surface area contributed by atoms with E-state index in [0.29, 0.717) is 5.13 Å². The predicted molar refractivity (Wildman–Crippen MR) is 125 cm³/mol. The van der Waals surface area contributed by atoms with Crippen LogP contribution in [0, 0.1) is 12.7 Å². The maximum atomic E-state index is 13.2. The average Bonchev–Trinajstić information content (AvgIpc) is 3.19. The van der Waals surface area contributed by atoms with Crippen molar-refractivity contribution in [2.75, 3.05) is 10.7 Å². The SMILES string of the molecule is Cc1ccc2nc(N(Cc3ccccc3)C(=O)CCS(=O)(=O)c3ccc(F)cc3)sc2c1. The summed E-state index contributed by atoms with van der Waals surface area (Å²) in [5.41, 5.74) is 2.80. The van der Waals surface area contributed by atoms with Crippen molar-refractivity contribution >= 4 is 42.4 Å². The number of carbonyl (C=O) groups excluding carboxylic acids is 1. The van der Waals surface area contributed by atoms with Crippen molar-refractivity contribution in [3.8, 4) is 0 Å². The highest BCUT2D eigenvalue weighted by atomic mass is 32.2. The summed E-state index contributed by atoms with van der Waals surface area (Å²) >= 11 is 1.40. The third kappa shape index (κ3) is 5.03. The first kappa shape index (κ1) is 22.1. The van der Waals surface area contributed by atoms with Gasteiger partial charge in [-0.3, -0.25) is 9.69 Å². The van der Waals surface area contributed by atoms with Gasteiger partial charge in [-0.2, -0.15) is 0 Å². The van der Waals surface area contributed by atoms with Gasteiger partial charge in [-0.05, 0) is 54.4 Å². The Balaban J connectivity index is 1.60. The van der Waals surface area contributed by atoms with Crippen molar-refractivity contribution in [3.63, 3.8) is 0 Å². The summed E-state index contributed by atoms with van der Waals surface area (Å²) in [6, 6.07) is 20.0. The largest absolute Gasteiger partial charge is 0.284 e. The Morgan fingerprint density at radius 1 is 1.03 bits per heavy atom. The van der Waals surface area contributed by atoms with E-state index in [-0.39, 0.29) is 29.5 Å². The quantitative estimate of drug-likeness (QED) is 0.352. The van der Waals surface area contributed by atoms with Gasteiger partial charge in [-0.15, -0.1) is 0 Å². The van der Waals surface area contributed by atoms with Gasteiger partial charge in [-0.25, -0.2) is 17.8 Å². The van der Waals surface area contributed by atoms with Gasteiger partial charge >= 0.3 is 0 Å². The number of nitrogens with zero attached hydrogens (tertiary/aromatic N) is 2. The number of hydrogen-bond donors (Lipinski definition) is 0. The molecule has 0 fully saturated rings. The van der Waals surface area contributed by atoms with Crippen molar-refractivity contribution in [2.45, 2.75) is 24.8 Å². The molecule has 0 spiro atoms. The van der Waals surface area contributed by atoms with Crippen molar-refractivity contribution in [3.05, 3.63) is 89.7 Å². The van der Waals surface area contributed by atoms with Crippen molar-refractivity contribution in [1.82, 2.24) is 4.98 Å². The van der Waals surface area contributed by atoms with Gasteiger partial charge in [0, 0.05) is 6.42 Å². The molecule has 0 saturated heterocycles. The first-order valence-corrected chi connectivity index (χ1v) is 12.5. The Kier molecular flexibility index (Phi) is 6.34. The van der Waals surface area contributed by atoms with Crippen LogP contribution in [0.5, 0.6) is 0 Å². The van der Waals surface area contributed by atoms with Crippen LogP contribution in [0.25, 0.3) is 10.2 Å². The number of thiazole rings is 1. The molecule has 0 unspecified atom stereocenters. The molecular formula is C24H21FN2O3S2. The van der Waals surface area contributed by atoms with Gasteiger partial charge in [-0.1, -0.05) is 47.7 Å². The van der Waals surface area contributed by atoms with Crippen LogP contribution >= 0.6 is 11.3 Å². The number of fused-ring (bicyclic) bond motifs is 1. The zero-order valence-electron chi connectivity index (χ0n) is 17.4. The van der Waals surface area contributed by atoms with Crippen molar-refractivity contribution in [1.29, 1.82) is 0 Å². The Morgan fingerprint density at radius 3 is 2.47 bits per heavy atom. The minimum atomic E-state index is -3.72. The van der Waals surface area contributed by atoms with Gasteiger partial charge in [0.05, 0.1) is 27.4 Å². The topological polar surface area (TPSA) is 67.3 Å². The minimum Gasteiger partial charge on any atom is -0.284 e. The minimum absolute atomic E-state index is 0.00299. The molecule has 5 nitrogen and oxygen atoms in total. The monoisotopic (exact) mass is 468 g/mol. The predicted octanol–water partition coefficient (Wildman–Crippen LogP) is 5.14. The van der Waals surface area contributed by atoms with E-state index in [2.05, 4.69) is 4.98 Å². The molecular weight excluding hydrogens is 447 g/mol. The van der Waals surface area contributed by atoms with Crippen LogP contribution in [0.2, 0.25) is 0 Å². The molecule has 0 bridgehead atoms. The highest BCUT2D eigenvalue weighted by Crippen LogP contribution is 2.31. The van der Waals surface area contributed by atoms with E-state index in [1.54, 1.807) is 0 Å². The molecule has 0 atom stereocenters. The molecule has 0 saturated carbocycles. The second kappa shape index (κ2) is 9.18. The van der Waals surface area contributed by atoms with Crippen LogP contribution in [-0.2, 0) is 21.2 Å². The Hall–Kier alpha value is -3.10. The molecule has 1 aromatic heterocycles. The summed E-state index contributed by atoms with van der Waals surface area (Å²) in [7, 11) is -3.72. The number of anilines is 1. The fraction of sp³-hybridized carbons (Fsp3) is 0.167. The van der Waals surface area contributed by atoms with Gasteiger partial charge in [0.2, 0.25) is 5.91 Å². The van der Waals surface area contributed by atoms with Gasteiger partial charge < -0.3 is 0 Å². The Labute approximate surface area is 190 Å². The van der Waals surface area contributed by atoms with Gasteiger partial charge in [0.1, 0.15) is 5.82 Å². The van der Waals surface area contributed by atoms with Crippen LogP contribution < -0.4 is 4.90 Å². The third-order valence-electron chi connectivity index (χ3n) is 5.01. The lowest BCUT2D eigenvalue weighted by atomic mass is 10.2. The van der Waals surface area contributed by atoms with Crippen LogP contribution in [0.1, 0.15) is 17.5 Å². The maximum Gasteiger partial charge on any atom is 0.230 e. The zero-order chi connectivity index (χ0) is 22.7. The Morgan fingerprint density at radius 2 is 1.75 bits per heavy atom. The van der Waals surface area contributed by atoms with E-state index >= 15 is 0 Å². The number of sulfone groups is 1. The summed E-state index contributed by atoms with van der Waals surface area (Å²) < 4.78 is 39.4. The lowest BCUT2D eigenvalue weighted by Crippen LogP contribution is -2.31. The zero-order valence-corrected chi connectivity index (χ0v) is 19.0. The summed E-state index contributed by atoms with van der Waals surface area (Å²) in [5, 5.41) is 0.527. The van der Waals surface area contributed by atoms with Crippen molar-refractivity contribution in [2.24, 2.45) is 0 Å². The summed E-state index contributed by atoms with van der Waals surface area (Å²) in [6.07, 6.45) is -0.207. The van der Waals surface area contributed by atoms with E-state index in [0.717, 1.165) is 33.5 Å². The number of rotatable bonds is 7. The molecule has 0 aliphatic rings. The highest BCUT2D eigenvalue weighted by molar-refractivity contribution is 7.91. The first-order valence-electron chi connectivity index (χ1n) is 10.0. The smallest absolute Gasteiger partial charge is 0.230 e. The molecule has 0 N–H and O–H groups in total. The Bertz CT molecular complexity index is 1350. The van der Waals surface area contributed by atoms with Gasteiger partial charge in [0.15, 0.2) is 15.0 Å². The molecule has 3 aromatic carbocycles. The molecule has 1 amide bonds. The average molecular weight is 469 g/mol. The molecule has 0 aliphatic heterocycles. The number of carbonyl (C=O) groups is 1. The van der Waals surface area contributed by atoms with E-state index in [1.165, 1.54) is 28.4 Å². The van der Waals surface area contributed by atoms with Crippen molar-refractivity contribution < 1.29 is 17.6 Å². The van der Waals surface area contributed by atoms with E-state index in [1.807, 2.05) is 55.5 Å². The van der Waals surface area contributed by atoms with Crippen LogP contribution in [0.3, 0.4) is 0 Å². The number of amides is 1. The lowest BCUT2D eigenvalue weighted by Gasteiger charge is -2.20. The number of halogens is 1.